The molecule has 0 amide bonds. The van der Waals surface area contributed by atoms with E-state index < -0.39 is 10.0 Å². The van der Waals surface area contributed by atoms with Crippen LogP contribution in [0.2, 0.25) is 0 Å². The second kappa shape index (κ2) is 4.78. The van der Waals surface area contributed by atoms with E-state index in [-0.39, 0.29) is 5.54 Å². The van der Waals surface area contributed by atoms with E-state index in [4.69, 9.17) is 0 Å². The summed E-state index contributed by atoms with van der Waals surface area (Å²) in [7, 11) is -3.11. The van der Waals surface area contributed by atoms with Crippen LogP contribution in [0.15, 0.2) is 0 Å². The number of hydrogen-bond acceptors (Lipinski definition) is 2. The van der Waals surface area contributed by atoms with E-state index in [1.165, 1.54) is 12.7 Å². The molecule has 0 N–H and O–H groups in total. The van der Waals surface area contributed by atoms with Gasteiger partial charge in [0.1, 0.15) is 0 Å². The van der Waals surface area contributed by atoms with Crippen LogP contribution in [0.1, 0.15) is 54.4 Å². The smallest absolute Gasteiger partial charge is 0.211 e. The van der Waals surface area contributed by atoms with Crippen LogP contribution in [0.25, 0.3) is 0 Å². The highest BCUT2D eigenvalue weighted by Crippen LogP contribution is 2.52. The highest BCUT2D eigenvalue weighted by atomic mass is 32.2. The van der Waals surface area contributed by atoms with Crippen molar-refractivity contribution < 1.29 is 8.42 Å². The van der Waals surface area contributed by atoms with Gasteiger partial charge >= 0.3 is 0 Å². The molecule has 2 unspecified atom stereocenters. The summed E-state index contributed by atoms with van der Waals surface area (Å²) < 4.78 is 25.3. The molecule has 0 aliphatic heterocycles. The first-order chi connectivity index (χ1) is 7.83. The molecule has 2 atom stereocenters. The molecule has 0 aromatic rings. The van der Waals surface area contributed by atoms with Crippen LogP contribution in [0.4, 0.5) is 0 Å². The minimum absolute atomic E-state index is 0.320. The third-order valence-electron chi connectivity index (χ3n) is 3.89. The molecule has 0 bridgehead atoms. The van der Waals surface area contributed by atoms with E-state index in [2.05, 4.69) is 20.8 Å². The molecule has 18 heavy (non-hydrogen) atoms. The molecule has 0 aromatic carbocycles. The molecular weight excluding hydrogens is 246 g/mol. The van der Waals surface area contributed by atoms with Crippen LogP contribution in [-0.4, -0.2) is 31.1 Å². The summed E-state index contributed by atoms with van der Waals surface area (Å²) in [6, 6.07) is 0. The maximum absolute atomic E-state index is 11.8. The molecule has 1 saturated carbocycles. The lowest BCUT2D eigenvalue weighted by Gasteiger charge is -2.33. The van der Waals surface area contributed by atoms with Crippen molar-refractivity contribution >= 4 is 10.0 Å². The van der Waals surface area contributed by atoms with Gasteiger partial charge in [0.2, 0.25) is 10.0 Å². The van der Waals surface area contributed by atoms with E-state index in [1.807, 2.05) is 20.8 Å². The van der Waals surface area contributed by atoms with Crippen molar-refractivity contribution in [3.05, 3.63) is 0 Å². The molecule has 0 aromatic heterocycles. The Kier molecular flexibility index (Phi) is 4.24. The Labute approximate surface area is 113 Å². The van der Waals surface area contributed by atoms with Gasteiger partial charge in [0.05, 0.1) is 6.26 Å². The molecule has 1 rings (SSSR count). The second-order valence-corrected chi connectivity index (χ2v) is 9.67. The Bertz CT molecular complexity index is 387. The summed E-state index contributed by atoms with van der Waals surface area (Å²) >= 11 is 0. The van der Waals surface area contributed by atoms with Crippen molar-refractivity contribution in [1.29, 1.82) is 0 Å². The first-order valence-corrected chi connectivity index (χ1v) is 8.66. The van der Waals surface area contributed by atoms with Gasteiger partial charge in [-0.1, -0.05) is 20.8 Å². The lowest BCUT2D eigenvalue weighted by molar-refractivity contribution is 0.238. The average Bonchev–Trinajstić information content (AvgIpc) is 2.76. The molecule has 0 spiro atoms. The van der Waals surface area contributed by atoms with Gasteiger partial charge in [-0.05, 0) is 50.9 Å². The van der Waals surface area contributed by atoms with Gasteiger partial charge in [-0.15, -0.1) is 0 Å². The summed E-state index contributed by atoms with van der Waals surface area (Å²) in [5, 5.41) is 0. The molecular formula is C14H29NO2S. The van der Waals surface area contributed by atoms with Gasteiger partial charge in [-0.3, -0.25) is 0 Å². The second-order valence-electron chi connectivity index (χ2n) is 7.76. The third-order valence-corrected chi connectivity index (χ3v) is 5.42. The minimum atomic E-state index is -3.11. The maximum atomic E-state index is 11.8. The molecule has 0 saturated heterocycles. The predicted octanol–water partition coefficient (Wildman–Crippen LogP) is 3.12. The van der Waals surface area contributed by atoms with Crippen LogP contribution < -0.4 is 0 Å². The fourth-order valence-corrected chi connectivity index (χ4v) is 4.34. The molecule has 4 heteroatoms. The van der Waals surface area contributed by atoms with Crippen molar-refractivity contribution in [3.8, 4) is 0 Å². The number of nitrogens with zero attached hydrogens (tertiary/aromatic N) is 1. The van der Waals surface area contributed by atoms with E-state index in [1.54, 1.807) is 4.31 Å². The van der Waals surface area contributed by atoms with Gasteiger partial charge in [0, 0.05) is 12.1 Å². The van der Waals surface area contributed by atoms with Crippen molar-refractivity contribution in [2.45, 2.75) is 59.9 Å². The minimum Gasteiger partial charge on any atom is -0.212 e. The SMILES string of the molecule is CC(C)(C)C1CC1CCN(C(C)(C)C)S(C)(=O)=O. The molecule has 1 fully saturated rings. The number of sulfonamides is 1. The first-order valence-electron chi connectivity index (χ1n) is 6.81. The van der Waals surface area contributed by atoms with Crippen LogP contribution >= 0.6 is 0 Å². The molecule has 108 valence electrons. The quantitative estimate of drug-likeness (QED) is 0.790. The Morgan fingerprint density at radius 1 is 1.11 bits per heavy atom. The standard InChI is InChI=1S/C14H29NO2S/c1-13(2,3)12-10-11(12)8-9-15(14(4,5)6)18(7,16)17/h11-12H,8-10H2,1-7H3. The van der Waals surface area contributed by atoms with Crippen molar-refractivity contribution in [2.24, 2.45) is 17.3 Å². The Morgan fingerprint density at radius 3 is 1.89 bits per heavy atom. The summed E-state index contributed by atoms with van der Waals surface area (Å²) in [5.74, 6) is 1.47. The molecule has 3 nitrogen and oxygen atoms in total. The van der Waals surface area contributed by atoms with Gasteiger partial charge in [-0.2, -0.15) is 4.31 Å². The molecule has 0 radical (unpaired) electrons. The predicted molar refractivity (Wildman–Crippen MR) is 77.0 cm³/mol. The summed E-state index contributed by atoms with van der Waals surface area (Å²) in [5.41, 5.74) is 0.0437. The molecule has 1 aliphatic carbocycles. The van der Waals surface area contributed by atoms with E-state index in [0.29, 0.717) is 17.9 Å². The fourth-order valence-electron chi connectivity index (χ4n) is 2.91. The highest BCUT2D eigenvalue weighted by molar-refractivity contribution is 7.88. The van der Waals surface area contributed by atoms with Gasteiger partial charge in [0.25, 0.3) is 0 Å². The Balaban J connectivity index is 2.57. The van der Waals surface area contributed by atoms with Crippen LogP contribution in [0.3, 0.4) is 0 Å². The first kappa shape index (κ1) is 16.0. The average molecular weight is 275 g/mol. The van der Waals surface area contributed by atoms with Crippen molar-refractivity contribution in [2.75, 3.05) is 12.8 Å². The van der Waals surface area contributed by atoms with Crippen molar-refractivity contribution in [3.63, 3.8) is 0 Å². The zero-order chi connectivity index (χ0) is 14.4. The van der Waals surface area contributed by atoms with Crippen LogP contribution in [0.5, 0.6) is 0 Å². The third kappa shape index (κ3) is 4.23. The summed E-state index contributed by atoms with van der Waals surface area (Å²) in [4.78, 5) is 0. The normalized spacial score (nSPS) is 25.6. The largest absolute Gasteiger partial charge is 0.212 e. The van der Waals surface area contributed by atoms with E-state index in [9.17, 15) is 8.42 Å². The lowest BCUT2D eigenvalue weighted by Crippen LogP contribution is -2.45. The monoisotopic (exact) mass is 275 g/mol. The van der Waals surface area contributed by atoms with Crippen LogP contribution in [0, 0.1) is 17.3 Å². The zero-order valence-corrected chi connectivity index (χ0v) is 13.8. The fraction of sp³-hybridized carbons (Fsp3) is 1.00. The van der Waals surface area contributed by atoms with E-state index in [0.717, 1.165) is 12.3 Å². The zero-order valence-electron chi connectivity index (χ0n) is 12.9. The number of hydrogen-bond donors (Lipinski definition) is 0. The maximum Gasteiger partial charge on any atom is 0.211 e. The highest BCUT2D eigenvalue weighted by Gasteiger charge is 2.45. The molecule has 0 heterocycles. The Morgan fingerprint density at radius 2 is 1.61 bits per heavy atom. The van der Waals surface area contributed by atoms with Gasteiger partial charge in [0.15, 0.2) is 0 Å². The number of rotatable bonds is 4. The van der Waals surface area contributed by atoms with Crippen LogP contribution in [-0.2, 0) is 10.0 Å². The Hall–Kier alpha value is -0.0900. The lowest BCUT2D eigenvalue weighted by atomic mass is 9.88. The summed E-state index contributed by atoms with van der Waals surface area (Å²) in [6.45, 7) is 13.4. The van der Waals surface area contributed by atoms with Crippen molar-refractivity contribution in [1.82, 2.24) is 4.31 Å². The van der Waals surface area contributed by atoms with Gasteiger partial charge < -0.3 is 0 Å². The van der Waals surface area contributed by atoms with E-state index >= 15 is 0 Å². The topological polar surface area (TPSA) is 37.4 Å². The summed E-state index contributed by atoms with van der Waals surface area (Å²) in [6.07, 6.45) is 3.56. The molecule has 1 aliphatic rings. The van der Waals surface area contributed by atoms with Gasteiger partial charge in [-0.25, -0.2) is 8.42 Å².